The number of hydrogen-bond acceptors (Lipinski definition) is 6. The van der Waals surface area contributed by atoms with Gasteiger partial charge in [0.1, 0.15) is 0 Å². The maximum absolute atomic E-state index is 11.8. The molecule has 0 saturated heterocycles. The minimum Gasteiger partial charge on any atom is -0.368 e. The van der Waals surface area contributed by atoms with Crippen LogP contribution in [0.15, 0.2) is 62.9 Å². The van der Waals surface area contributed by atoms with Crippen molar-refractivity contribution >= 4 is 53.7 Å². The van der Waals surface area contributed by atoms with E-state index < -0.39 is 18.2 Å². The molecule has 0 amide bonds. The summed E-state index contributed by atoms with van der Waals surface area (Å²) < 4.78 is 8.52. The van der Waals surface area contributed by atoms with Gasteiger partial charge in [-0.3, -0.25) is 0 Å². The third kappa shape index (κ3) is 6.34. The summed E-state index contributed by atoms with van der Waals surface area (Å²) in [4.78, 5) is 33.4. The third-order valence-corrected chi connectivity index (χ3v) is 10.3. The maximum Gasteiger partial charge on any atom is 0.151 e. The molecule has 4 aliphatic rings. The summed E-state index contributed by atoms with van der Waals surface area (Å²) >= 11 is 0.463. The van der Waals surface area contributed by atoms with Gasteiger partial charge in [0, 0.05) is 0 Å². The number of aliphatic hydroxyl groups excluding tert-OH is 1. The molecular formula is C37H39FeN4O6. The van der Waals surface area contributed by atoms with Gasteiger partial charge in [-0.15, -0.1) is 0 Å². The molecule has 48 heavy (non-hydrogen) atoms. The Morgan fingerprint density at radius 1 is 0.854 bits per heavy atom. The zero-order valence-corrected chi connectivity index (χ0v) is 28.8. The topological polar surface area (TPSA) is 139 Å². The fourth-order valence-electron chi connectivity index (χ4n) is 6.14. The summed E-state index contributed by atoms with van der Waals surface area (Å²) in [5.41, 5.74) is 12.9. The van der Waals surface area contributed by atoms with Gasteiger partial charge in [0.05, 0.1) is 7.11 Å². The number of fused-ring (bicyclic) bond motifs is 2. The largest absolute Gasteiger partial charge is 0.368 e. The first-order valence-electron chi connectivity index (χ1n) is 15.4. The van der Waals surface area contributed by atoms with Crippen LogP contribution in [0.4, 0.5) is 0 Å². The van der Waals surface area contributed by atoms with E-state index in [2.05, 4.69) is 57.3 Å². The summed E-state index contributed by atoms with van der Waals surface area (Å²) in [5, 5.41) is 29.0. The van der Waals surface area contributed by atoms with Gasteiger partial charge in [-0.05, 0) is 6.92 Å². The number of ether oxygens (including phenoxy) is 1. The van der Waals surface area contributed by atoms with Crippen molar-refractivity contribution in [2.24, 2.45) is 9.98 Å². The van der Waals surface area contributed by atoms with Crippen molar-refractivity contribution in [3.05, 3.63) is 104 Å². The number of rotatable bonds is 9. The molecule has 6 heterocycles. The van der Waals surface area contributed by atoms with Crippen molar-refractivity contribution in [3.8, 4) is 0 Å². The van der Waals surface area contributed by atoms with E-state index in [9.17, 15) is 19.8 Å². The number of carboxylic acids is 2. The molecule has 1 atom stereocenters. The van der Waals surface area contributed by atoms with Crippen molar-refractivity contribution in [3.63, 3.8) is 0 Å². The number of nitrogens with zero attached hydrogens (tertiary/aromatic N) is 4. The van der Waals surface area contributed by atoms with E-state index in [4.69, 9.17) is 15.1 Å². The Balaban J connectivity index is 0.000000840. The Kier molecular flexibility index (Phi) is 10.1. The van der Waals surface area contributed by atoms with Crippen LogP contribution in [0.25, 0.3) is 30.4 Å². The van der Waals surface area contributed by atoms with Gasteiger partial charge in [0.25, 0.3) is 0 Å². The molecule has 0 fully saturated rings. The van der Waals surface area contributed by atoms with E-state index in [1.54, 1.807) is 0 Å². The van der Waals surface area contributed by atoms with Crippen LogP contribution in [0.5, 0.6) is 0 Å². The summed E-state index contributed by atoms with van der Waals surface area (Å²) in [6.45, 7) is 17.9. The smallest absolute Gasteiger partial charge is 0.151 e. The predicted molar refractivity (Wildman–Crippen MR) is 185 cm³/mol. The van der Waals surface area contributed by atoms with Crippen LogP contribution in [0.2, 0.25) is 0 Å². The fourth-order valence-corrected chi connectivity index (χ4v) is 7.77. The Bertz CT molecular complexity index is 2100. The van der Waals surface area contributed by atoms with Crippen LogP contribution in [-0.2, 0) is 36.1 Å². The molecule has 251 valence electrons. The second-order valence-electron chi connectivity index (χ2n) is 11.7. The van der Waals surface area contributed by atoms with E-state index in [0.29, 0.717) is 33.9 Å². The number of aliphatic carboxylic acids is 2. The molecule has 2 aromatic rings. The fraction of sp³-hybridized carbons (Fsp3) is 0.270. The standard InChI is InChI=1S/C34H34N4O4.C3H7O2.Fe/c1-7-21-17(3)25-13-26-19(5)23(9-11-33(39)40)31(37-26)16-32-24(10-12-34(41)42)20(6)28(38-32)15-30-22(8-2)18(4)27(36-30)14-29(21)35-25;1-3(4)5-2;/h7-8,13-16H,1-2,9-12H2,3-6H3,(H4,35,36,37,38,39,40,41,42);3-4H,2H2,1H3;/q;;+2/p-2/b25-13?,26-13-,27-14?,28-15-,29-14-,30-15?,31-16-,32-16?;;. The van der Waals surface area contributed by atoms with Crippen LogP contribution < -0.4 is 10.7 Å². The first-order valence-corrected chi connectivity index (χ1v) is 16.4. The molecule has 6 bridgehead atoms. The number of carboxylic acid groups (broad SMARTS) is 2. The van der Waals surface area contributed by atoms with Gasteiger partial charge in [-0.25, -0.2) is 0 Å². The molecule has 11 heteroatoms. The number of hydrogen-bond donors (Lipinski definition) is 3. The molecule has 0 spiro atoms. The molecule has 3 N–H and O–H groups in total. The monoisotopic (exact) mass is 691 g/mol. The molecule has 2 aromatic heterocycles. The van der Waals surface area contributed by atoms with Crippen molar-refractivity contribution in [2.75, 3.05) is 0 Å². The van der Waals surface area contributed by atoms with Gasteiger partial charge < -0.3 is 9.84 Å². The number of aliphatic imine (C=N–C) groups is 2. The van der Waals surface area contributed by atoms with Gasteiger partial charge in [-0.2, -0.15) is 0 Å². The molecule has 0 aromatic carbocycles. The Labute approximate surface area is 286 Å². The zero-order chi connectivity index (χ0) is 35.0. The van der Waals surface area contributed by atoms with Crippen molar-refractivity contribution in [1.29, 1.82) is 0 Å². The first-order chi connectivity index (χ1) is 22.8. The van der Waals surface area contributed by atoms with Gasteiger partial charge in [0.2, 0.25) is 0 Å². The summed E-state index contributed by atoms with van der Waals surface area (Å²) in [6, 6.07) is 0. The molecular weight excluding hydrogens is 652 g/mol. The molecule has 6 rings (SSSR count). The van der Waals surface area contributed by atoms with E-state index in [1.807, 2.05) is 39.0 Å². The van der Waals surface area contributed by atoms with Crippen molar-refractivity contribution in [2.45, 2.75) is 66.6 Å². The minimum absolute atomic E-state index is 0.0140. The Morgan fingerprint density at radius 2 is 1.46 bits per heavy atom. The van der Waals surface area contributed by atoms with E-state index in [0.717, 1.165) is 83.7 Å². The SMILES string of the molecule is C=CC1=C(C)C2=NC/1=C\c1c(C)c(C=C)c3[n]1[Fe][n]1/c(c(C)c(CCC(=O)O)/c1=C/C1=NC(=C\3)/C(C)=C1CCC(=O)O)=C\2.[CH2]OC(C)O. The summed E-state index contributed by atoms with van der Waals surface area (Å²) in [5.74, 6) is -1.74. The Hall–Kier alpha value is -4.54. The van der Waals surface area contributed by atoms with Crippen LogP contribution in [0, 0.1) is 21.0 Å². The second-order valence-corrected chi connectivity index (χ2v) is 12.9. The van der Waals surface area contributed by atoms with Crippen LogP contribution in [-0.4, -0.2) is 52.1 Å². The summed E-state index contributed by atoms with van der Waals surface area (Å²) in [7, 11) is 2.94. The number of aliphatic hydroxyl groups is 1. The normalized spacial score (nSPS) is 20.1. The molecule has 0 aliphatic carbocycles. The summed E-state index contributed by atoms with van der Waals surface area (Å²) in [6.07, 6.45) is 11.9. The Morgan fingerprint density at radius 3 is 2.06 bits per heavy atom. The number of allylic oxidation sites excluding steroid dienone is 4. The van der Waals surface area contributed by atoms with E-state index in [-0.39, 0.29) is 12.8 Å². The van der Waals surface area contributed by atoms with Gasteiger partial charge in [-0.1, -0.05) is 0 Å². The number of aromatic nitrogens is 2. The third-order valence-electron chi connectivity index (χ3n) is 8.79. The predicted octanol–water partition coefficient (Wildman–Crippen LogP) is 4.87. The van der Waals surface area contributed by atoms with E-state index >= 15 is 0 Å². The molecule has 0 saturated carbocycles. The average Bonchev–Trinajstić information content (AvgIpc) is 3.66. The van der Waals surface area contributed by atoms with Crippen LogP contribution in [0.1, 0.15) is 73.7 Å². The van der Waals surface area contributed by atoms with Crippen LogP contribution >= 0.6 is 0 Å². The van der Waals surface area contributed by atoms with Gasteiger partial charge >= 0.3 is 257 Å². The van der Waals surface area contributed by atoms with Gasteiger partial charge in [0.15, 0.2) is 6.29 Å². The zero-order valence-electron chi connectivity index (χ0n) is 27.7. The van der Waals surface area contributed by atoms with E-state index in [1.165, 1.54) is 6.92 Å². The molecule has 10 nitrogen and oxygen atoms in total. The van der Waals surface area contributed by atoms with Crippen LogP contribution in [0.3, 0.4) is 0 Å². The molecule has 4 aliphatic heterocycles. The number of carbonyl (C=O) groups is 2. The molecule has 1 radical (unpaired) electrons. The van der Waals surface area contributed by atoms with Crippen molar-refractivity contribution in [1.82, 2.24) is 7.17 Å². The second kappa shape index (κ2) is 13.9. The van der Waals surface area contributed by atoms with Crippen molar-refractivity contribution < 1.29 is 45.0 Å². The molecule has 1 unspecified atom stereocenters. The average molecular weight is 692 g/mol. The quantitative estimate of drug-likeness (QED) is 0.254. The minimum atomic E-state index is -0.868. The first kappa shape index (κ1) is 34.8. The maximum atomic E-state index is 11.8.